The lowest BCUT2D eigenvalue weighted by atomic mass is 10.2. The summed E-state index contributed by atoms with van der Waals surface area (Å²) in [6.07, 6.45) is 3.49. The predicted molar refractivity (Wildman–Crippen MR) is 93.1 cm³/mol. The molecule has 0 radical (unpaired) electrons. The molecule has 0 saturated heterocycles. The van der Waals surface area contributed by atoms with Gasteiger partial charge in [-0.2, -0.15) is 0 Å². The number of furan rings is 1. The van der Waals surface area contributed by atoms with Gasteiger partial charge in [0.05, 0.1) is 4.70 Å². The van der Waals surface area contributed by atoms with Crippen molar-refractivity contribution in [2.75, 3.05) is 5.73 Å². The maximum atomic E-state index is 11.3. The lowest BCUT2D eigenvalue weighted by Crippen LogP contribution is -2.11. The summed E-state index contributed by atoms with van der Waals surface area (Å²) < 4.78 is 13.0. The molecule has 6 nitrogen and oxygen atoms in total. The zero-order valence-electron chi connectivity index (χ0n) is 12.5. The lowest BCUT2D eigenvalue weighted by molar-refractivity contribution is 0.0977. The monoisotopic (exact) mass is 339 g/mol. The second-order valence-corrected chi connectivity index (χ2v) is 6.33. The molecule has 0 spiro atoms. The molecule has 1 aromatic carbocycles. The third kappa shape index (κ3) is 2.35. The first kappa shape index (κ1) is 14.5. The fourth-order valence-electron chi connectivity index (χ4n) is 2.52. The minimum absolute atomic E-state index is 0.00931. The SMILES string of the molecule is NC(=O)c1oc2c(sc3cc(OCc4cccnc4)ccc32)c1N. The van der Waals surface area contributed by atoms with Crippen molar-refractivity contribution >= 4 is 43.3 Å². The Morgan fingerprint density at radius 3 is 2.96 bits per heavy atom. The molecular weight excluding hydrogens is 326 g/mol. The van der Waals surface area contributed by atoms with Crippen LogP contribution in [0, 0.1) is 0 Å². The molecule has 0 unspecified atom stereocenters. The van der Waals surface area contributed by atoms with Crippen LogP contribution >= 0.6 is 11.3 Å². The zero-order valence-corrected chi connectivity index (χ0v) is 13.3. The highest BCUT2D eigenvalue weighted by Gasteiger charge is 2.20. The first-order valence-electron chi connectivity index (χ1n) is 7.19. The molecule has 4 rings (SSSR count). The van der Waals surface area contributed by atoms with Gasteiger partial charge in [-0.05, 0) is 24.3 Å². The number of nitrogens with zero attached hydrogens (tertiary/aromatic N) is 1. The van der Waals surface area contributed by atoms with E-state index in [1.165, 1.54) is 11.3 Å². The van der Waals surface area contributed by atoms with Crippen LogP contribution in [0.25, 0.3) is 20.4 Å². The number of fused-ring (bicyclic) bond motifs is 3. The summed E-state index contributed by atoms with van der Waals surface area (Å²) in [5, 5.41) is 0.878. The Kier molecular flexibility index (Phi) is 3.35. The van der Waals surface area contributed by atoms with Crippen molar-refractivity contribution in [3.8, 4) is 5.75 Å². The molecular formula is C17H13N3O3S. The van der Waals surface area contributed by atoms with Gasteiger partial charge in [0.2, 0.25) is 5.76 Å². The molecule has 0 bridgehead atoms. The molecule has 0 saturated carbocycles. The Labute approximate surface area is 140 Å². The number of ether oxygens (including phenoxy) is 1. The Balaban J connectivity index is 1.68. The van der Waals surface area contributed by atoms with Crippen molar-refractivity contribution in [2.24, 2.45) is 5.73 Å². The van der Waals surface area contributed by atoms with Gasteiger partial charge in [0, 0.05) is 28.0 Å². The number of nitrogen functional groups attached to an aromatic ring is 1. The summed E-state index contributed by atoms with van der Waals surface area (Å²) in [5.41, 5.74) is 13.1. The molecule has 3 heterocycles. The van der Waals surface area contributed by atoms with E-state index in [1.54, 1.807) is 12.4 Å². The average Bonchev–Trinajstić information content (AvgIpc) is 3.10. The van der Waals surface area contributed by atoms with E-state index in [1.807, 2.05) is 30.3 Å². The third-order valence-corrected chi connectivity index (χ3v) is 4.83. The highest BCUT2D eigenvalue weighted by molar-refractivity contribution is 7.26. The van der Waals surface area contributed by atoms with E-state index >= 15 is 0 Å². The third-order valence-electron chi connectivity index (χ3n) is 3.66. The van der Waals surface area contributed by atoms with Crippen LogP contribution in [0.4, 0.5) is 5.69 Å². The number of primary amides is 1. The van der Waals surface area contributed by atoms with Crippen molar-refractivity contribution in [2.45, 2.75) is 6.61 Å². The molecule has 1 amide bonds. The van der Waals surface area contributed by atoms with Crippen molar-refractivity contribution in [3.63, 3.8) is 0 Å². The molecule has 0 aliphatic carbocycles. The number of benzene rings is 1. The number of thiophene rings is 1. The van der Waals surface area contributed by atoms with Gasteiger partial charge in [0.1, 0.15) is 18.0 Å². The summed E-state index contributed by atoms with van der Waals surface area (Å²) in [6, 6.07) is 9.49. The molecule has 120 valence electrons. The van der Waals surface area contributed by atoms with Crippen molar-refractivity contribution in [3.05, 3.63) is 54.0 Å². The first-order chi connectivity index (χ1) is 11.6. The number of aromatic nitrogens is 1. The van der Waals surface area contributed by atoms with E-state index in [9.17, 15) is 4.79 Å². The van der Waals surface area contributed by atoms with Gasteiger partial charge < -0.3 is 20.6 Å². The van der Waals surface area contributed by atoms with Crippen LogP contribution in [-0.4, -0.2) is 10.9 Å². The van der Waals surface area contributed by atoms with Gasteiger partial charge in [-0.15, -0.1) is 11.3 Å². The number of carbonyl (C=O) groups is 1. The van der Waals surface area contributed by atoms with E-state index in [0.717, 1.165) is 26.1 Å². The number of hydrogen-bond donors (Lipinski definition) is 2. The Morgan fingerprint density at radius 1 is 1.33 bits per heavy atom. The van der Waals surface area contributed by atoms with Gasteiger partial charge in [-0.1, -0.05) is 6.07 Å². The molecule has 0 atom stereocenters. The standard InChI is InChI=1S/C17H13N3O3S/c18-13-15(17(19)21)23-14-11-4-3-10(6-12(11)24-16(13)14)22-8-9-2-1-5-20-7-9/h1-7H,8,18H2,(H2,19,21). The number of carbonyl (C=O) groups excluding carboxylic acids is 1. The number of rotatable bonds is 4. The maximum absolute atomic E-state index is 11.3. The van der Waals surface area contributed by atoms with Gasteiger partial charge in [0.25, 0.3) is 5.91 Å². The fourth-order valence-corrected chi connectivity index (χ4v) is 3.63. The summed E-state index contributed by atoms with van der Waals surface area (Å²) in [6.45, 7) is 0.439. The number of nitrogens with two attached hydrogens (primary N) is 2. The highest BCUT2D eigenvalue weighted by Crippen LogP contribution is 2.41. The fraction of sp³-hybridized carbons (Fsp3) is 0.0588. The highest BCUT2D eigenvalue weighted by atomic mass is 32.1. The van der Waals surface area contributed by atoms with Crippen LogP contribution in [0.1, 0.15) is 16.1 Å². The minimum Gasteiger partial charge on any atom is -0.489 e. The number of anilines is 1. The smallest absolute Gasteiger partial charge is 0.286 e. The van der Waals surface area contributed by atoms with E-state index in [2.05, 4.69) is 4.98 Å². The second-order valence-electron chi connectivity index (χ2n) is 5.28. The van der Waals surface area contributed by atoms with Gasteiger partial charge in [0.15, 0.2) is 5.58 Å². The maximum Gasteiger partial charge on any atom is 0.286 e. The molecule has 7 heteroatoms. The molecule has 3 aromatic heterocycles. The Morgan fingerprint density at radius 2 is 2.21 bits per heavy atom. The van der Waals surface area contributed by atoms with E-state index < -0.39 is 5.91 Å². The Bertz CT molecular complexity index is 1050. The van der Waals surface area contributed by atoms with E-state index in [-0.39, 0.29) is 11.4 Å². The topological polar surface area (TPSA) is 104 Å². The van der Waals surface area contributed by atoms with Gasteiger partial charge >= 0.3 is 0 Å². The Hall–Kier alpha value is -3.06. The van der Waals surface area contributed by atoms with Crippen molar-refractivity contribution < 1.29 is 13.9 Å². The van der Waals surface area contributed by atoms with Crippen LogP contribution < -0.4 is 16.2 Å². The summed E-state index contributed by atoms with van der Waals surface area (Å²) in [5.74, 6) is 0.0829. The number of hydrogen-bond acceptors (Lipinski definition) is 6. The molecule has 0 aliphatic heterocycles. The van der Waals surface area contributed by atoms with E-state index in [0.29, 0.717) is 12.2 Å². The predicted octanol–water partition coefficient (Wildman–Crippen LogP) is 3.30. The molecule has 0 aliphatic rings. The number of amides is 1. The lowest BCUT2D eigenvalue weighted by Gasteiger charge is -2.05. The molecule has 0 fully saturated rings. The summed E-state index contributed by atoms with van der Waals surface area (Å²) in [7, 11) is 0. The molecule has 4 aromatic rings. The summed E-state index contributed by atoms with van der Waals surface area (Å²) in [4.78, 5) is 15.4. The molecule has 24 heavy (non-hydrogen) atoms. The number of pyridine rings is 1. The van der Waals surface area contributed by atoms with Gasteiger partial charge in [-0.3, -0.25) is 9.78 Å². The second kappa shape index (κ2) is 5.54. The quantitative estimate of drug-likeness (QED) is 0.593. The van der Waals surface area contributed by atoms with Crippen LogP contribution in [0.15, 0.2) is 47.1 Å². The summed E-state index contributed by atoms with van der Waals surface area (Å²) >= 11 is 1.44. The van der Waals surface area contributed by atoms with Crippen LogP contribution in [-0.2, 0) is 6.61 Å². The zero-order chi connectivity index (χ0) is 16.7. The van der Waals surface area contributed by atoms with Crippen LogP contribution in [0.2, 0.25) is 0 Å². The van der Waals surface area contributed by atoms with Gasteiger partial charge in [-0.25, -0.2) is 0 Å². The van der Waals surface area contributed by atoms with Crippen LogP contribution in [0.5, 0.6) is 5.75 Å². The average molecular weight is 339 g/mol. The minimum atomic E-state index is -0.666. The van der Waals surface area contributed by atoms with Crippen LogP contribution in [0.3, 0.4) is 0 Å². The normalized spacial score (nSPS) is 11.2. The first-order valence-corrected chi connectivity index (χ1v) is 8.01. The van der Waals surface area contributed by atoms with Crippen molar-refractivity contribution in [1.82, 2.24) is 4.98 Å². The van der Waals surface area contributed by atoms with Crippen molar-refractivity contribution in [1.29, 1.82) is 0 Å². The largest absolute Gasteiger partial charge is 0.489 e. The molecule has 4 N–H and O–H groups in total. The van der Waals surface area contributed by atoms with E-state index in [4.69, 9.17) is 20.6 Å².